The first kappa shape index (κ1) is 7.15. The van der Waals surface area contributed by atoms with E-state index in [-0.39, 0.29) is 23.3 Å². The van der Waals surface area contributed by atoms with E-state index in [1.807, 2.05) is 0 Å². The second-order valence-corrected chi connectivity index (χ2v) is 2.96. The first-order valence-corrected chi connectivity index (χ1v) is 3.77. The molecule has 0 aliphatic heterocycles. The van der Waals surface area contributed by atoms with Crippen LogP contribution in [0, 0.1) is 0 Å². The quantitative estimate of drug-likeness (QED) is 0.546. The van der Waals surface area contributed by atoms with Gasteiger partial charge in [0.1, 0.15) is 0 Å². The Labute approximate surface area is 68.3 Å². The van der Waals surface area contributed by atoms with Crippen molar-refractivity contribution >= 4 is 5.95 Å². The molecular formula is C7H9N3O2. The molecule has 0 saturated heterocycles. The summed E-state index contributed by atoms with van der Waals surface area (Å²) in [4.78, 5) is 17.1. The van der Waals surface area contributed by atoms with Gasteiger partial charge >= 0.3 is 0 Å². The summed E-state index contributed by atoms with van der Waals surface area (Å²) in [6.07, 6.45) is 1.89. The van der Waals surface area contributed by atoms with Gasteiger partial charge in [0.15, 0.2) is 0 Å². The van der Waals surface area contributed by atoms with Gasteiger partial charge in [0.25, 0.3) is 5.56 Å². The van der Waals surface area contributed by atoms with Crippen molar-refractivity contribution in [3.05, 3.63) is 15.9 Å². The maximum Gasteiger partial charge on any atom is 0.259 e. The van der Waals surface area contributed by atoms with Gasteiger partial charge in [-0.2, -0.15) is 4.98 Å². The van der Waals surface area contributed by atoms with Gasteiger partial charge in [-0.3, -0.25) is 9.78 Å². The Morgan fingerprint density at radius 3 is 2.75 bits per heavy atom. The highest BCUT2D eigenvalue weighted by Gasteiger charge is 2.30. The molecule has 1 aromatic rings. The molecule has 0 bridgehead atoms. The molecule has 0 radical (unpaired) electrons. The molecule has 0 spiro atoms. The van der Waals surface area contributed by atoms with Crippen LogP contribution in [0.1, 0.15) is 24.3 Å². The summed E-state index contributed by atoms with van der Waals surface area (Å²) < 4.78 is 0. The summed E-state index contributed by atoms with van der Waals surface area (Å²) in [5.74, 6) is -0.0810. The molecule has 0 aromatic carbocycles. The summed E-state index contributed by atoms with van der Waals surface area (Å²) in [6.45, 7) is 0. The number of anilines is 1. The van der Waals surface area contributed by atoms with E-state index in [2.05, 4.69) is 9.97 Å². The fourth-order valence-electron chi connectivity index (χ4n) is 1.23. The standard InChI is InChI=1S/C7H9N3O2/c8-7-9-5(11)4(3-1-2-3)6(12)10-7/h3H,1-2H2,(H4,8,9,10,11,12). The van der Waals surface area contributed by atoms with E-state index in [1.54, 1.807) is 0 Å². The molecule has 0 atom stereocenters. The first-order chi connectivity index (χ1) is 5.68. The average molecular weight is 167 g/mol. The Kier molecular flexibility index (Phi) is 1.33. The van der Waals surface area contributed by atoms with Crippen LogP contribution in [0.25, 0.3) is 0 Å². The number of hydrogen-bond donors (Lipinski definition) is 3. The van der Waals surface area contributed by atoms with Gasteiger partial charge in [-0.15, -0.1) is 0 Å². The Balaban J connectivity index is 2.59. The third-order valence-electron chi connectivity index (χ3n) is 1.94. The average Bonchev–Trinajstić information content (AvgIpc) is 2.68. The number of aromatic nitrogens is 2. The molecule has 5 nitrogen and oxygen atoms in total. The Bertz CT molecular complexity index is 367. The highest BCUT2D eigenvalue weighted by molar-refractivity contribution is 5.34. The van der Waals surface area contributed by atoms with E-state index in [1.165, 1.54) is 0 Å². The van der Waals surface area contributed by atoms with Crippen LogP contribution >= 0.6 is 0 Å². The van der Waals surface area contributed by atoms with Crippen molar-refractivity contribution in [3.8, 4) is 5.88 Å². The lowest BCUT2D eigenvalue weighted by Crippen LogP contribution is -2.15. The largest absolute Gasteiger partial charge is 0.493 e. The molecule has 0 amide bonds. The van der Waals surface area contributed by atoms with E-state index >= 15 is 0 Å². The zero-order valence-corrected chi connectivity index (χ0v) is 6.37. The minimum atomic E-state index is -0.317. The summed E-state index contributed by atoms with van der Waals surface area (Å²) in [5, 5.41) is 9.27. The molecule has 1 aliphatic rings. The smallest absolute Gasteiger partial charge is 0.259 e. The van der Waals surface area contributed by atoms with Crippen LogP contribution in [-0.2, 0) is 0 Å². The van der Waals surface area contributed by atoms with Gasteiger partial charge in [-0.05, 0) is 18.8 Å². The minimum Gasteiger partial charge on any atom is -0.493 e. The van der Waals surface area contributed by atoms with Crippen molar-refractivity contribution in [1.29, 1.82) is 0 Å². The normalized spacial score (nSPS) is 16.3. The first-order valence-electron chi connectivity index (χ1n) is 3.77. The number of nitrogens with two attached hydrogens (primary N) is 1. The SMILES string of the molecule is Nc1nc(O)c(C2CC2)c(=O)[nH]1. The topological polar surface area (TPSA) is 92.0 Å². The second kappa shape index (κ2) is 2.23. The zero-order valence-electron chi connectivity index (χ0n) is 6.37. The maximum absolute atomic E-state index is 11.2. The highest BCUT2D eigenvalue weighted by Crippen LogP contribution is 2.41. The van der Waals surface area contributed by atoms with Crippen LogP contribution in [0.2, 0.25) is 0 Å². The number of nitrogens with zero attached hydrogens (tertiary/aromatic N) is 1. The van der Waals surface area contributed by atoms with E-state index in [9.17, 15) is 9.90 Å². The Morgan fingerprint density at radius 2 is 2.25 bits per heavy atom. The van der Waals surface area contributed by atoms with Gasteiger partial charge in [-0.25, -0.2) is 0 Å². The number of aromatic hydroxyl groups is 1. The summed E-state index contributed by atoms with van der Waals surface area (Å²) in [7, 11) is 0. The van der Waals surface area contributed by atoms with Crippen LogP contribution in [0.3, 0.4) is 0 Å². The van der Waals surface area contributed by atoms with E-state index < -0.39 is 0 Å². The van der Waals surface area contributed by atoms with Gasteiger partial charge in [0.05, 0.1) is 5.56 Å². The molecule has 2 rings (SSSR count). The van der Waals surface area contributed by atoms with Crippen LogP contribution in [0.5, 0.6) is 5.88 Å². The van der Waals surface area contributed by atoms with Gasteiger partial charge in [0.2, 0.25) is 11.8 Å². The van der Waals surface area contributed by atoms with E-state index in [0.717, 1.165) is 12.8 Å². The van der Waals surface area contributed by atoms with Crippen LogP contribution < -0.4 is 11.3 Å². The van der Waals surface area contributed by atoms with Crippen LogP contribution in [0.4, 0.5) is 5.95 Å². The second-order valence-electron chi connectivity index (χ2n) is 2.96. The van der Waals surface area contributed by atoms with Gasteiger partial charge in [-0.1, -0.05) is 0 Å². The van der Waals surface area contributed by atoms with Crippen molar-refractivity contribution in [1.82, 2.24) is 9.97 Å². The van der Waals surface area contributed by atoms with Crippen LogP contribution in [0.15, 0.2) is 4.79 Å². The predicted octanol–water partition coefficient (Wildman–Crippen LogP) is -0.0649. The number of nitrogen functional groups attached to an aromatic ring is 1. The van der Waals surface area contributed by atoms with Gasteiger partial charge < -0.3 is 10.8 Å². The highest BCUT2D eigenvalue weighted by atomic mass is 16.3. The molecule has 1 saturated carbocycles. The molecule has 5 heteroatoms. The lowest BCUT2D eigenvalue weighted by atomic mass is 10.2. The number of aromatic amines is 1. The summed E-state index contributed by atoms with van der Waals surface area (Å²) in [6, 6.07) is 0. The van der Waals surface area contributed by atoms with E-state index in [4.69, 9.17) is 5.73 Å². The minimum absolute atomic E-state index is 0.0399. The number of rotatable bonds is 1. The monoisotopic (exact) mass is 167 g/mol. The number of nitrogens with one attached hydrogen (secondary N) is 1. The number of hydrogen-bond acceptors (Lipinski definition) is 4. The third kappa shape index (κ3) is 1.03. The lowest BCUT2D eigenvalue weighted by molar-refractivity contribution is 0.444. The zero-order chi connectivity index (χ0) is 8.72. The molecule has 64 valence electrons. The molecule has 1 heterocycles. The fourth-order valence-corrected chi connectivity index (χ4v) is 1.23. The van der Waals surface area contributed by atoms with Crippen molar-refractivity contribution in [2.24, 2.45) is 0 Å². The predicted molar refractivity (Wildman–Crippen MR) is 42.9 cm³/mol. The molecule has 1 aromatic heterocycles. The molecule has 1 fully saturated rings. The maximum atomic E-state index is 11.2. The summed E-state index contributed by atoms with van der Waals surface area (Å²) >= 11 is 0. The van der Waals surface area contributed by atoms with Crippen LogP contribution in [-0.4, -0.2) is 15.1 Å². The molecule has 4 N–H and O–H groups in total. The van der Waals surface area contributed by atoms with Crippen molar-refractivity contribution in [3.63, 3.8) is 0 Å². The van der Waals surface area contributed by atoms with Crippen molar-refractivity contribution in [2.75, 3.05) is 5.73 Å². The summed E-state index contributed by atoms with van der Waals surface area (Å²) in [5.41, 5.74) is 5.28. The lowest BCUT2D eigenvalue weighted by Gasteiger charge is -2.00. The number of H-pyrrole nitrogens is 1. The Hall–Kier alpha value is -1.52. The third-order valence-corrected chi connectivity index (χ3v) is 1.94. The fraction of sp³-hybridized carbons (Fsp3) is 0.429. The van der Waals surface area contributed by atoms with Crippen molar-refractivity contribution in [2.45, 2.75) is 18.8 Å². The van der Waals surface area contributed by atoms with E-state index in [0.29, 0.717) is 5.56 Å². The molecule has 0 unspecified atom stereocenters. The molecular weight excluding hydrogens is 158 g/mol. The molecule has 1 aliphatic carbocycles. The van der Waals surface area contributed by atoms with Gasteiger partial charge in [0, 0.05) is 0 Å². The Morgan fingerprint density at radius 1 is 1.58 bits per heavy atom. The van der Waals surface area contributed by atoms with Crippen molar-refractivity contribution < 1.29 is 5.11 Å². The molecule has 12 heavy (non-hydrogen) atoms.